The van der Waals surface area contributed by atoms with Gasteiger partial charge < -0.3 is 15.5 Å². The molecule has 3 rings (SSSR count). The van der Waals surface area contributed by atoms with Crippen LogP contribution in [0.25, 0.3) is 10.6 Å². The number of amides is 1. The van der Waals surface area contributed by atoms with Crippen LogP contribution >= 0.6 is 11.3 Å². The summed E-state index contributed by atoms with van der Waals surface area (Å²) in [5.74, 6) is -1.40. The number of anilines is 1. The van der Waals surface area contributed by atoms with Gasteiger partial charge in [0, 0.05) is 0 Å². The second-order valence-electron chi connectivity index (χ2n) is 5.12. The van der Waals surface area contributed by atoms with Gasteiger partial charge in [-0.3, -0.25) is 4.79 Å². The van der Waals surface area contributed by atoms with E-state index in [0.717, 1.165) is 11.3 Å². The van der Waals surface area contributed by atoms with Crippen molar-refractivity contribution < 1.29 is 19.8 Å². The lowest BCUT2D eigenvalue weighted by atomic mass is 10.0. The number of nitrogens with zero attached hydrogens (tertiary/aromatic N) is 2. The van der Waals surface area contributed by atoms with E-state index in [2.05, 4.69) is 15.5 Å². The first-order valence-corrected chi connectivity index (χ1v) is 8.09. The molecule has 0 aliphatic heterocycles. The van der Waals surface area contributed by atoms with Crippen LogP contribution in [0.1, 0.15) is 15.9 Å². The first kappa shape index (κ1) is 16.6. The molecule has 1 aromatic heterocycles. The van der Waals surface area contributed by atoms with Crippen LogP contribution in [0.2, 0.25) is 0 Å². The molecule has 126 valence electrons. The minimum Gasteiger partial charge on any atom is -0.507 e. The largest absolute Gasteiger partial charge is 0.507 e. The van der Waals surface area contributed by atoms with Crippen molar-refractivity contribution in [2.24, 2.45) is 0 Å². The van der Waals surface area contributed by atoms with Crippen molar-refractivity contribution in [2.45, 2.75) is 6.42 Å². The fourth-order valence-corrected chi connectivity index (χ4v) is 3.05. The van der Waals surface area contributed by atoms with Gasteiger partial charge in [-0.05, 0) is 23.8 Å². The van der Waals surface area contributed by atoms with Crippen LogP contribution < -0.4 is 5.32 Å². The zero-order valence-electron chi connectivity index (χ0n) is 12.8. The van der Waals surface area contributed by atoms with E-state index in [9.17, 15) is 14.7 Å². The Balaban J connectivity index is 1.73. The van der Waals surface area contributed by atoms with Crippen LogP contribution in [-0.2, 0) is 11.2 Å². The summed E-state index contributed by atoms with van der Waals surface area (Å²) in [5.41, 5.74) is 1.03. The van der Waals surface area contributed by atoms with Gasteiger partial charge in [-0.2, -0.15) is 0 Å². The molecule has 0 unspecified atom stereocenters. The highest BCUT2D eigenvalue weighted by atomic mass is 32.1. The summed E-state index contributed by atoms with van der Waals surface area (Å²) in [6.07, 6.45) is -0.0893. The fourth-order valence-electron chi connectivity index (χ4n) is 2.26. The van der Waals surface area contributed by atoms with E-state index in [4.69, 9.17) is 5.11 Å². The number of aromatic nitrogens is 2. The SMILES string of the molecule is O=C(Cc1ccccc1C(=O)O)Nc1nnc(-c2ccccc2O)s1. The number of benzene rings is 2. The molecule has 0 bridgehead atoms. The zero-order chi connectivity index (χ0) is 17.8. The number of phenolic OH excluding ortho intramolecular Hbond substituents is 1. The molecule has 3 N–H and O–H groups in total. The van der Waals surface area contributed by atoms with Crippen molar-refractivity contribution in [2.75, 3.05) is 5.32 Å². The van der Waals surface area contributed by atoms with Gasteiger partial charge in [0.25, 0.3) is 0 Å². The number of carboxylic acid groups (broad SMARTS) is 1. The summed E-state index contributed by atoms with van der Waals surface area (Å²) in [4.78, 5) is 23.3. The van der Waals surface area contributed by atoms with E-state index >= 15 is 0 Å². The lowest BCUT2D eigenvalue weighted by molar-refractivity contribution is -0.115. The molecule has 0 radical (unpaired) electrons. The molecule has 1 amide bonds. The Labute approximate surface area is 146 Å². The molecule has 0 aliphatic rings. The highest BCUT2D eigenvalue weighted by molar-refractivity contribution is 7.18. The molecule has 3 aromatic rings. The normalized spacial score (nSPS) is 10.4. The van der Waals surface area contributed by atoms with Crippen molar-refractivity contribution in [1.82, 2.24) is 10.2 Å². The van der Waals surface area contributed by atoms with E-state index in [1.165, 1.54) is 12.1 Å². The quantitative estimate of drug-likeness (QED) is 0.649. The van der Waals surface area contributed by atoms with Crippen molar-refractivity contribution in [3.8, 4) is 16.3 Å². The first-order chi connectivity index (χ1) is 12.0. The van der Waals surface area contributed by atoms with Gasteiger partial charge in [0.2, 0.25) is 11.0 Å². The Morgan fingerprint density at radius 3 is 2.52 bits per heavy atom. The molecule has 2 aromatic carbocycles. The van der Waals surface area contributed by atoms with Crippen molar-refractivity contribution >= 4 is 28.3 Å². The standard InChI is InChI=1S/C17H13N3O4S/c21-13-8-4-3-7-12(13)15-19-20-17(25-15)18-14(22)9-10-5-1-2-6-11(10)16(23)24/h1-8,21H,9H2,(H,23,24)(H,18,20,22). The Morgan fingerprint density at radius 2 is 1.76 bits per heavy atom. The number of aromatic hydroxyl groups is 1. The van der Waals surface area contributed by atoms with Gasteiger partial charge in [-0.1, -0.05) is 41.7 Å². The molecule has 0 fully saturated rings. The smallest absolute Gasteiger partial charge is 0.335 e. The zero-order valence-corrected chi connectivity index (χ0v) is 13.7. The Kier molecular flexibility index (Phi) is 4.71. The Bertz CT molecular complexity index is 939. The van der Waals surface area contributed by atoms with Crippen molar-refractivity contribution in [3.63, 3.8) is 0 Å². The highest BCUT2D eigenvalue weighted by Gasteiger charge is 2.15. The predicted molar refractivity (Wildman–Crippen MR) is 92.7 cm³/mol. The van der Waals surface area contributed by atoms with Crippen molar-refractivity contribution in [3.05, 3.63) is 59.7 Å². The number of nitrogens with one attached hydrogen (secondary N) is 1. The maximum Gasteiger partial charge on any atom is 0.335 e. The third-order valence-corrected chi connectivity index (χ3v) is 4.28. The van der Waals surface area contributed by atoms with E-state index in [1.807, 2.05) is 0 Å². The average Bonchev–Trinajstić information content (AvgIpc) is 3.03. The number of rotatable bonds is 5. The molecule has 0 aliphatic carbocycles. The van der Waals surface area contributed by atoms with E-state index in [0.29, 0.717) is 16.1 Å². The molecule has 1 heterocycles. The van der Waals surface area contributed by atoms with Gasteiger partial charge in [-0.25, -0.2) is 4.79 Å². The van der Waals surface area contributed by atoms with Crippen LogP contribution in [0.3, 0.4) is 0 Å². The number of hydrogen-bond donors (Lipinski definition) is 3. The van der Waals surface area contributed by atoms with Gasteiger partial charge in [0.05, 0.1) is 17.5 Å². The Hall–Kier alpha value is -3.26. The van der Waals surface area contributed by atoms with Crippen LogP contribution in [-0.4, -0.2) is 32.3 Å². The number of carbonyl (C=O) groups excluding carboxylic acids is 1. The minimum atomic E-state index is -1.08. The van der Waals surface area contributed by atoms with E-state index < -0.39 is 11.9 Å². The lowest BCUT2D eigenvalue weighted by Crippen LogP contribution is -2.16. The van der Waals surface area contributed by atoms with Crippen LogP contribution in [0, 0.1) is 0 Å². The summed E-state index contributed by atoms with van der Waals surface area (Å²) in [7, 11) is 0. The number of carboxylic acids is 1. The third kappa shape index (κ3) is 3.81. The second-order valence-corrected chi connectivity index (χ2v) is 6.09. The van der Waals surface area contributed by atoms with Crippen LogP contribution in [0.15, 0.2) is 48.5 Å². The molecule has 7 nitrogen and oxygen atoms in total. The monoisotopic (exact) mass is 355 g/mol. The van der Waals surface area contributed by atoms with E-state index in [1.54, 1.807) is 36.4 Å². The second kappa shape index (κ2) is 7.10. The maximum atomic E-state index is 12.2. The molecular weight excluding hydrogens is 342 g/mol. The number of phenols is 1. The van der Waals surface area contributed by atoms with E-state index in [-0.39, 0.29) is 22.9 Å². The molecule has 0 saturated heterocycles. The summed E-state index contributed by atoms with van der Waals surface area (Å²) in [5, 5.41) is 30.2. The topological polar surface area (TPSA) is 112 Å². The number of hydrogen-bond acceptors (Lipinski definition) is 6. The summed E-state index contributed by atoms with van der Waals surface area (Å²) in [6.45, 7) is 0. The minimum absolute atomic E-state index is 0.0758. The molecular formula is C17H13N3O4S. The molecule has 8 heteroatoms. The van der Waals surface area contributed by atoms with Crippen LogP contribution in [0.5, 0.6) is 5.75 Å². The molecule has 0 spiro atoms. The third-order valence-electron chi connectivity index (χ3n) is 3.40. The lowest BCUT2D eigenvalue weighted by Gasteiger charge is -2.05. The van der Waals surface area contributed by atoms with Crippen molar-refractivity contribution in [1.29, 1.82) is 0 Å². The molecule has 25 heavy (non-hydrogen) atoms. The number of para-hydroxylation sites is 1. The number of carbonyl (C=O) groups is 2. The van der Waals surface area contributed by atoms with Gasteiger partial charge >= 0.3 is 5.97 Å². The Morgan fingerprint density at radius 1 is 1.04 bits per heavy atom. The summed E-state index contributed by atoms with van der Waals surface area (Å²) >= 11 is 1.12. The summed E-state index contributed by atoms with van der Waals surface area (Å²) < 4.78 is 0. The molecule has 0 atom stereocenters. The van der Waals surface area contributed by atoms with Gasteiger partial charge in [0.1, 0.15) is 5.75 Å². The highest BCUT2D eigenvalue weighted by Crippen LogP contribution is 2.32. The van der Waals surface area contributed by atoms with Gasteiger partial charge in [-0.15, -0.1) is 10.2 Å². The fraction of sp³-hybridized carbons (Fsp3) is 0.0588. The maximum absolute atomic E-state index is 12.2. The van der Waals surface area contributed by atoms with Gasteiger partial charge in [0.15, 0.2) is 5.01 Å². The predicted octanol–water partition coefficient (Wildman–Crippen LogP) is 2.79. The summed E-state index contributed by atoms with van der Waals surface area (Å²) in [6, 6.07) is 13.0. The first-order valence-electron chi connectivity index (χ1n) is 7.27. The average molecular weight is 355 g/mol. The number of aromatic carboxylic acids is 1. The van der Waals surface area contributed by atoms with Crippen LogP contribution in [0.4, 0.5) is 5.13 Å². The molecule has 0 saturated carbocycles.